The smallest absolute Gasteiger partial charge is 0.305 e. The molecule has 0 aliphatic heterocycles. The van der Waals surface area contributed by atoms with Gasteiger partial charge in [-0.15, -0.1) is 0 Å². The van der Waals surface area contributed by atoms with E-state index in [0.717, 1.165) is 44.9 Å². The average Bonchev–Trinajstić information content (AvgIpc) is 3.19. The number of aliphatic hydroxyl groups excluding tert-OH is 2. The lowest BCUT2D eigenvalue weighted by Crippen LogP contribution is -2.05. The van der Waals surface area contributed by atoms with E-state index >= 15 is 0 Å². The van der Waals surface area contributed by atoms with Crippen LogP contribution in [0, 0.1) is 0 Å². The van der Waals surface area contributed by atoms with E-state index in [4.69, 9.17) is 4.74 Å². The minimum Gasteiger partial charge on any atom is -0.466 e. The number of aliphatic hydroxyl groups is 2. The highest BCUT2D eigenvalue weighted by molar-refractivity contribution is 5.69. The van der Waals surface area contributed by atoms with Crippen molar-refractivity contribution in [2.24, 2.45) is 0 Å². The Morgan fingerprint density at radius 2 is 0.661 bits per heavy atom. The topological polar surface area (TPSA) is 66.8 Å². The quantitative estimate of drug-likeness (QED) is 0.0367. The van der Waals surface area contributed by atoms with Crippen LogP contribution in [0.25, 0.3) is 0 Å². The first-order chi connectivity index (χ1) is 27.4. The molecular formula is C52H106O4. The molecule has 0 aromatic heterocycles. The molecule has 0 amide bonds. The standard InChI is InChI=1S/C20H38O2.2C16H34O/c1-3-5-6-7-8-9-10-11-12-13-14-15-16-17-18-19-20(21)22-4-2;1-3-5-6-7-8-9-10-11-12-13-15-16(17)14-4-2;1-3-5-7-9-10-11-13-15-16(17)14-12-8-6-4-2/h11-12H,3-10,13-19H2,1-2H3;2*16-17H,3-15H2,1-2H3/b12-11-;;. The molecule has 338 valence electrons. The van der Waals surface area contributed by atoms with Crippen LogP contribution in [0.4, 0.5) is 0 Å². The van der Waals surface area contributed by atoms with Crippen LogP contribution >= 0.6 is 0 Å². The summed E-state index contributed by atoms with van der Waals surface area (Å²) >= 11 is 0. The fourth-order valence-corrected chi connectivity index (χ4v) is 7.21. The Morgan fingerprint density at radius 3 is 1.00 bits per heavy atom. The van der Waals surface area contributed by atoms with Crippen LogP contribution in [0.1, 0.15) is 298 Å². The van der Waals surface area contributed by atoms with Gasteiger partial charge in [0.15, 0.2) is 0 Å². The van der Waals surface area contributed by atoms with Crippen molar-refractivity contribution in [2.45, 2.75) is 311 Å². The highest BCUT2D eigenvalue weighted by Crippen LogP contribution is 2.15. The van der Waals surface area contributed by atoms with Crippen LogP contribution in [-0.4, -0.2) is 35.0 Å². The normalized spacial score (nSPS) is 12.2. The minimum absolute atomic E-state index is 0.0255. The van der Waals surface area contributed by atoms with Gasteiger partial charge >= 0.3 is 5.97 Å². The van der Waals surface area contributed by atoms with E-state index in [1.807, 2.05) is 6.92 Å². The number of hydrogen-bond acceptors (Lipinski definition) is 4. The molecule has 0 spiro atoms. The second kappa shape index (κ2) is 56.2. The molecule has 4 heteroatoms. The van der Waals surface area contributed by atoms with Crippen LogP contribution in [0.5, 0.6) is 0 Å². The Balaban J connectivity index is -0.000000762. The molecule has 0 rings (SSSR count). The van der Waals surface area contributed by atoms with Gasteiger partial charge in [0, 0.05) is 6.42 Å². The number of allylic oxidation sites excluding steroid dienone is 2. The fraction of sp³-hybridized carbons (Fsp3) is 0.942. The van der Waals surface area contributed by atoms with E-state index in [9.17, 15) is 15.0 Å². The summed E-state index contributed by atoms with van der Waals surface area (Å²) in [5.74, 6) is -0.0415. The van der Waals surface area contributed by atoms with Crippen LogP contribution in [0.2, 0.25) is 0 Å². The van der Waals surface area contributed by atoms with Crippen molar-refractivity contribution in [3.63, 3.8) is 0 Å². The first-order valence-electron chi connectivity index (χ1n) is 25.6. The van der Waals surface area contributed by atoms with E-state index in [0.29, 0.717) is 13.0 Å². The van der Waals surface area contributed by atoms with E-state index in [1.54, 1.807) is 0 Å². The third-order valence-electron chi connectivity index (χ3n) is 11.0. The number of rotatable bonds is 42. The Labute approximate surface area is 354 Å². The second-order valence-corrected chi connectivity index (χ2v) is 17.0. The molecule has 4 nitrogen and oxygen atoms in total. The summed E-state index contributed by atoms with van der Waals surface area (Å²) in [5.41, 5.74) is 0. The zero-order chi connectivity index (χ0) is 41.8. The van der Waals surface area contributed by atoms with Crippen LogP contribution in [-0.2, 0) is 9.53 Å². The van der Waals surface area contributed by atoms with Gasteiger partial charge in [-0.05, 0) is 64.7 Å². The molecular weight excluding hydrogens is 689 g/mol. The number of esters is 1. The zero-order valence-corrected chi connectivity index (χ0v) is 39.5. The number of unbranched alkanes of at least 4 members (excludes halogenated alkanes) is 29. The van der Waals surface area contributed by atoms with Gasteiger partial charge in [-0.3, -0.25) is 4.79 Å². The van der Waals surface area contributed by atoms with Crippen molar-refractivity contribution in [3.05, 3.63) is 12.2 Å². The third kappa shape index (κ3) is 59.8. The van der Waals surface area contributed by atoms with Gasteiger partial charge in [-0.2, -0.15) is 0 Å². The minimum atomic E-state index is -0.0415. The molecule has 0 radical (unpaired) electrons. The summed E-state index contributed by atoms with van der Waals surface area (Å²) in [6.45, 7) is 13.5. The number of ether oxygens (including phenoxy) is 1. The van der Waals surface area contributed by atoms with Gasteiger partial charge in [-0.25, -0.2) is 0 Å². The Bertz CT molecular complexity index is 707. The maximum Gasteiger partial charge on any atom is 0.305 e. The van der Waals surface area contributed by atoms with Crippen molar-refractivity contribution in [1.29, 1.82) is 0 Å². The van der Waals surface area contributed by atoms with Crippen molar-refractivity contribution < 1.29 is 19.7 Å². The maximum atomic E-state index is 11.1. The van der Waals surface area contributed by atoms with Gasteiger partial charge in [0.25, 0.3) is 0 Å². The molecule has 0 aromatic carbocycles. The van der Waals surface area contributed by atoms with E-state index in [-0.39, 0.29) is 18.2 Å². The van der Waals surface area contributed by atoms with Crippen LogP contribution in [0.3, 0.4) is 0 Å². The maximum absolute atomic E-state index is 11.1. The second-order valence-electron chi connectivity index (χ2n) is 17.0. The molecule has 0 fully saturated rings. The predicted octanol–water partition coefficient (Wildman–Crippen LogP) is 17.5. The summed E-state index contributed by atoms with van der Waals surface area (Å²) in [4.78, 5) is 11.1. The van der Waals surface area contributed by atoms with Crippen LogP contribution in [0.15, 0.2) is 12.2 Å². The van der Waals surface area contributed by atoms with E-state index in [2.05, 4.69) is 46.8 Å². The molecule has 56 heavy (non-hydrogen) atoms. The van der Waals surface area contributed by atoms with Gasteiger partial charge < -0.3 is 14.9 Å². The van der Waals surface area contributed by atoms with E-state index < -0.39 is 0 Å². The summed E-state index contributed by atoms with van der Waals surface area (Å²) < 4.78 is 4.91. The Hall–Kier alpha value is -0.870. The average molecular weight is 795 g/mol. The number of carbonyl (C=O) groups is 1. The van der Waals surface area contributed by atoms with Gasteiger partial charge in [0.2, 0.25) is 0 Å². The largest absolute Gasteiger partial charge is 0.466 e. The molecule has 2 N–H and O–H groups in total. The van der Waals surface area contributed by atoms with Gasteiger partial charge in [-0.1, -0.05) is 239 Å². The monoisotopic (exact) mass is 795 g/mol. The predicted molar refractivity (Wildman–Crippen MR) is 251 cm³/mol. The lowest BCUT2D eigenvalue weighted by atomic mass is 10.0. The summed E-state index contributed by atoms with van der Waals surface area (Å²) in [7, 11) is 0. The molecule has 0 saturated heterocycles. The van der Waals surface area contributed by atoms with Crippen LogP contribution < -0.4 is 0 Å². The molecule has 2 unspecified atom stereocenters. The lowest BCUT2D eigenvalue weighted by molar-refractivity contribution is -0.143. The first-order valence-corrected chi connectivity index (χ1v) is 25.6. The van der Waals surface area contributed by atoms with Crippen molar-refractivity contribution in [1.82, 2.24) is 0 Å². The lowest BCUT2D eigenvalue weighted by Gasteiger charge is -2.09. The molecule has 0 aliphatic carbocycles. The fourth-order valence-electron chi connectivity index (χ4n) is 7.21. The molecule has 2 atom stereocenters. The Kier molecular flexibility index (Phi) is 59.7. The van der Waals surface area contributed by atoms with Gasteiger partial charge in [0.05, 0.1) is 18.8 Å². The molecule has 0 heterocycles. The highest BCUT2D eigenvalue weighted by Gasteiger charge is 2.04. The van der Waals surface area contributed by atoms with Crippen molar-refractivity contribution in [3.8, 4) is 0 Å². The summed E-state index contributed by atoms with van der Waals surface area (Å²) in [6.07, 6.45) is 55.4. The highest BCUT2D eigenvalue weighted by atomic mass is 16.5. The molecule has 0 saturated carbocycles. The van der Waals surface area contributed by atoms with E-state index in [1.165, 1.54) is 205 Å². The summed E-state index contributed by atoms with van der Waals surface area (Å²) in [6, 6.07) is 0. The number of hydrogen-bond donors (Lipinski definition) is 2. The first kappa shape index (κ1) is 59.4. The molecule has 0 bridgehead atoms. The Morgan fingerprint density at radius 1 is 0.375 bits per heavy atom. The van der Waals surface area contributed by atoms with Gasteiger partial charge in [0.1, 0.15) is 0 Å². The number of carbonyl (C=O) groups excluding carboxylic acids is 1. The summed E-state index contributed by atoms with van der Waals surface area (Å²) in [5, 5.41) is 19.4. The molecule has 0 aliphatic rings. The third-order valence-corrected chi connectivity index (χ3v) is 11.0. The van der Waals surface area contributed by atoms with Crippen molar-refractivity contribution >= 4 is 5.97 Å². The van der Waals surface area contributed by atoms with Crippen molar-refractivity contribution in [2.75, 3.05) is 6.61 Å². The molecule has 0 aromatic rings. The zero-order valence-electron chi connectivity index (χ0n) is 39.5. The SMILES string of the molecule is CCCCCCCC/C=C\CCCCCCCC(=O)OCC.CCCCCCCCCC(O)CCCCCC.CCCCCCCCCCCCC(O)CCC.